The molecule has 0 aliphatic carbocycles. The molecular formula is C16H13BrClNO. The number of nitrogens with one attached hydrogen (secondary N) is 1. The second-order valence-electron chi connectivity index (χ2n) is 4.60. The smallest absolute Gasteiger partial charge is 0.134 e. The van der Waals surface area contributed by atoms with Gasteiger partial charge in [-0.3, -0.25) is 0 Å². The Morgan fingerprint density at radius 3 is 2.55 bits per heavy atom. The van der Waals surface area contributed by atoms with Gasteiger partial charge >= 0.3 is 0 Å². The number of halogens is 2. The molecule has 1 heterocycles. The summed E-state index contributed by atoms with van der Waals surface area (Å²) in [6, 6.07) is 15.9. The molecule has 0 spiro atoms. The van der Waals surface area contributed by atoms with Crippen LogP contribution in [0, 0.1) is 0 Å². The van der Waals surface area contributed by atoms with Crippen LogP contribution in [0.3, 0.4) is 0 Å². The van der Waals surface area contributed by atoms with Crippen molar-refractivity contribution in [1.29, 1.82) is 0 Å². The molecule has 20 heavy (non-hydrogen) atoms. The van der Waals surface area contributed by atoms with E-state index in [2.05, 4.69) is 33.4 Å². The number of rotatable bonds is 3. The monoisotopic (exact) mass is 349 g/mol. The van der Waals surface area contributed by atoms with E-state index in [1.54, 1.807) is 0 Å². The summed E-state index contributed by atoms with van der Waals surface area (Å²) >= 11 is 9.46. The van der Waals surface area contributed by atoms with Gasteiger partial charge in [-0.2, -0.15) is 0 Å². The van der Waals surface area contributed by atoms with Crippen LogP contribution in [0.25, 0.3) is 11.0 Å². The van der Waals surface area contributed by atoms with E-state index >= 15 is 0 Å². The first kappa shape index (κ1) is 13.7. The van der Waals surface area contributed by atoms with Gasteiger partial charge in [0.1, 0.15) is 11.3 Å². The molecule has 3 aromatic rings. The minimum atomic E-state index is 0.0225. The predicted molar refractivity (Wildman–Crippen MR) is 86.3 cm³/mol. The van der Waals surface area contributed by atoms with Crippen LogP contribution in [0.4, 0.5) is 0 Å². The second-order valence-corrected chi connectivity index (χ2v) is 5.96. The van der Waals surface area contributed by atoms with E-state index in [-0.39, 0.29) is 6.04 Å². The predicted octanol–water partition coefficient (Wildman–Crippen LogP) is 5.16. The first-order valence-corrected chi connectivity index (χ1v) is 7.46. The van der Waals surface area contributed by atoms with Crippen LogP contribution in [-0.2, 0) is 0 Å². The molecule has 0 amide bonds. The lowest BCUT2D eigenvalue weighted by atomic mass is 10.0. The average molecular weight is 351 g/mol. The highest BCUT2D eigenvalue weighted by atomic mass is 79.9. The molecule has 1 atom stereocenters. The minimum Gasteiger partial charge on any atom is -0.459 e. The van der Waals surface area contributed by atoms with Crippen LogP contribution in [0.2, 0.25) is 5.02 Å². The highest BCUT2D eigenvalue weighted by molar-refractivity contribution is 9.10. The van der Waals surface area contributed by atoms with E-state index in [0.717, 1.165) is 31.8 Å². The number of hydrogen-bond donors (Lipinski definition) is 1. The van der Waals surface area contributed by atoms with Crippen molar-refractivity contribution in [2.45, 2.75) is 6.04 Å². The van der Waals surface area contributed by atoms with Gasteiger partial charge in [0.2, 0.25) is 0 Å². The summed E-state index contributed by atoms with van der Waals surface area (Å²) in [4.78, 5) is 0. The molecule has 0 aliphatic heterocycles. The van der Waals surface area contributed by atoms with Gasteiger partial charge in [-0.05, 0) is 49.0 Å². The highest BCUT2D eigenvalue weighted by Gasteiger charge is 2.16. The van der Waals surface area contributed by atoms with Gasteiger partial charge in [0.25, 0.3) is 0 Å². The largest absolute Gasteiger partial charge is 0.459 e. The Hall–Kier alpha value is -1.29. The Kier molecular flexibility index (Phi) is 3.83. The fourth-order valence-electron chi connectivity index (χ4n) is 2.31. The molecule has 2 nitrogen and oxygen atoms in total. The Morgan fingerprint density at radius 1 is 1.10 bits per heavy atom. The summed E-state index contributed by atoms with van der Waals surface area (Å²) < 4.78 is 6.99. The van der Waals surface area contributed by atoms with E-state index in [9.17, 15) is 0 Å². The minimum absolute atomic E-state index is 0.0225. The van der Waals surface area contributed by atoms with Gasteiger partial charge in [-0.25, -0.2) is 0 Å². The molecule has 1 aromatic heterocycles. The molecule has 0 saturated carbocycles. The Bertz CT molecular complexity index is 736. The highest BCUT2D eigenvalue weighted by Crippen LogP contribution is 2.30. The standard InChI is InChI=1S/C16H13BrClNO/c1-19-16(10-2-4-12(17)5-3-10)15-9-11-8-13(18)6-7-14(11)20-15/h2-9,16,19H,1H3. The molecule has 0 saturated heterocycles. The maximum absolute atomic E-state index is 6.01. The van der Waals surface area contributed by atoms with E-state index in [1.807, 2.05) is 43.4 Å². The number of benzene rings is 2. The lowest BCUT2D eigenvalue weighted by molar-refractivity contribution is 0.491. The number of hydrogen-bond acceptors (Lipinski definition) is 2. The van der Waals surface area contributed by atoms with Gasteiger partial charge in [0.05, 0.1) is 6.04 Å². The SMILES string of the molecule is CNC(c1ccc(Br)cc1)c1cc2cc(Cl)ccc2o1. The topological polar surface area (TPSA) is 25.2 Å². The van der Waals surface area contributed by atoms with Crippen molar-refractivity contribution in [3.05, 3.63) is 69.3 Å². The molecule has 0 aliphatic rings. The fourth-order valence-corrected chi connectivity index (χ4v) is 2.75. The van der Waals surface area contributed by atoms with Crippen LogP contribution in [0.1, 0.15) is 17.4 Å². The van der Waals surface area contributed by atoms with Gasteiger partial charge in [-0.1, -0.05) is 39.7 Å². The van der Waals surface area contributed by atoms with Gasteiger partial charge in [0.15, 0.2) is 0 Å². The molecule has 1 unspecified atom stereocenters. The van der Waals surface area contributed by atoms with Crippen molar-refractivity contribution in [2.24, 2.45) is 0 Å². The zero-order valence-corrected chi connectivity index (χ0v) is 13.2. The quantitative estimate of drug-likeness (QED) is 0.706. The number of fused-ring (bicyclic) bond motifs is 1. The number of furan rings is 1. The van der Waals surface area contributed by atoms with Crippen molar-refractivity contribution in [2.75, 3.05) is 7.05 Å². The molecule has 2 aromatic carbocycles. The van der Waals surface area contributed by atoms with Crippen molar-refractivity contribution in [3.63, 3.8) is 0 Å². The van der Waals surface area contributed by atoms with Gasteiger partial charge < -0.3 is 9.73 Å². The maximum Gasteiger partial charge on any atom is 0.134 e. The molecular weight excluding hydrogens is 338 g/mol. The van der Waals surface area contributed by atoms with E-state index in [4.69, 9.17) is 16.0 Å². The Labute approximate surface area is 130 Å². The van der Waals surface area contributed by atoms with Crippen LogP contribution in [0.15, 0.2) is 57.4 Å². The van der Waals surface area contributed by atoms with Crippen LogP contribution in [0.5, 0.6) is 0 Å². The summed E-state index contributed by atoms with van der Waals surface area (Å²) in [6.45, 7) is 0. The molecule has 4 heteroatoms. The summed E-state index contributed by atoms with van der Waals surface area (Å²) in [7, 11) is 1.92. The second kappa shape index (κ2) is 5.60. The van der Waals surface area contributed by atoms with E-state index in [0.29, 0.717) is 0 Å². The van der Waals surface area contributed by atoms with Gasteiger partial charge in [0, 0.05) is 14.9 Å². The summed E-state index contributed by atoms with van der Waals surface area (Å²) in [6.07, 6.45) is 0. The third-order valence-electron chi connectivity index (χ3n) is 3.27. The van der Waals surface area contributed by atoms with Crippen molar-refractivity contribution in [3.8, 4) is 0 Å². The van der Waals surface area contributed by atoms with Crippen LogP contribution >= 0.6 is 27.5 Å². The normalized spacial score (nSPS) is 12.8. The summed E-state index contributed by atoms with van der Waals surface area (Å²) in [5, 5.41) is 5.02. The third kappa shape index (κ3) is 2.62. The van der Waals surface area contributed by atoms with Crippen molar-refractivity contribution >= 4 is 38.5 Å². The summed E-state index contributed by atoms with van der Waals surface area (Å²) in [5.74, 6) is 0.882. The van der Waals surface area contributed by atoms with Crippen molar-refractivity contribution < 1.29 is 4.42 Å². The first-order valence-electron chi connectivity index (χ1n) is 6.29. The first-order chi connectivity index (χ1) is 9.67. The Balaban J connectivity index is 2.04. The Morgan fingerprint density at radius 2 is 1.85 bits per heavy atom. The molecule has 0 radical (unpaired) electrons. The molecule has 0 bridgehead atoms. The summed E-state index contributed by atoms with van der Waals surface area (Å²) in [5.41, 5.74) is 2.00. The average Bonchev–Trinajstić information content (AvgIpc) is 2.84. The van der Waals surface area contributed by atoms with Gasteiger partial charge in [-0.15, -0.1) is 0 Å². The lowest BCUT2D eigenvalue weighted by Crippen LogP contribution is -2.16. The maximum atomic E-state index is 6.01. The molecule has 1 N–H and O–H groups in total. The van der Waals surface area contributed by atoms with E-state index in [1.165, 1.54) is 0 Å². The fraction of sp³-hybridized carbons (Fsp3) is 0.125. The van der Waals surface area contributed by atoms with Crippen LogP contribution in [-0.4, -0.2) is 7.05 Å². The lowest BCUT2D eigenvalue weighted by Gasteiger charge is -2.13. The molecule has 0 fully saturated rings. The van der Waals surface area contributed by atoms with E-state index < -0.39 is 0 Å². The molecule has 3 rings (SSSR count). The zero-order valence-electron chi connectivity index (χ0n) is 10.9. The third-order valence-corrected chi connectivity index (χ3v) is 4.04. The van der Waals surface area contributed by atoms with Crippen LogP contribution < -0.4 is 5.32 Å². The van der Waals surface area contributed by atoms with Crippen molar-refractivity contribution in [1.82, 2.24) is 5.32 Å². The molecule has 102 valence electrons. The zero-order chi connectivity index (χ0) is 14.1.